The fourth-order valence-corrected chi connectivity index (χ4v) is 3.60. The predicted molar refractivity (Wildman–Crippen MR) is 117 cm³/mol. The van der Waals surface area contributed by atoms with Crippen molar-refractivity contribution in [2.24, 2.45) is 0 Å². The third-order valence-electron chi connectivity index (χ3n) is 5.18. The van der Waals surface area contributed by atoms with E-state index < -0.39 is 41.5 Å². The molecule has 33 heavy (non-hydrogen) atoms. The molecule has 0 saturated carbocycles. The first-order chi connectivity index (χ1) is 15.9. The highest BCUT2D eigenvalue weighted by Crippen LogP contribution is 2.31. The average Bonchev–Trinajstić information content (AvgIpc) is 3.22. The van der Waals surface area contributed by atoms with Crippen LogP contribution in [0, 0.1) is 5.82 Å². The van der Waals surface area contributed by atoms with Gasteiger partial charge in [-0.05, 0) is 29.8 Å². The van der Waals surface area contributed by atoms with Crippen molar-refractivity contribution in [3.8, 4) is 0 Å². The van der Waals surface area contributed by atoms with E-state index in [-0.39, 0.29) is 19.6 Å². The summed E-state index contributed by atoms with van der Waals surface area (Å²) in [4.78, 5) is 37.8. The molecule has 1 aliphatic heterocycles. The van der Waals surface area contributed by atoms with Crippen molar-refractivity contribution in [1.29, 1.82) is 0 Å². The minimum atomic E-state index is -1.11. The van der Waals surface area contributed by atoms with Crippen LogP contribution in [0.4, 0.5) is 4.39 Å². The minimum absolute atomic E-state index is 0.155. The second-order valence-electron chi connectivity index (χ2n) is 7.45. The van der Waals surface area contributed by atoms with E-state index in [1.54, 1.807) is 12.1 Å². The Hall–Kier alpha value is -3.27. The van der Waals surface area contributed by atoms with E-state index in [0.29, 0.717) is 10.6 Å². The maximum atomic E-state index is 13.8. The molecule has 0 aliphatic carbocycles. The van der Waals surface area contributed by atoms with Gasteiger partial charge < -0.3 is 14.2 Å². The molecule has 1 N–H and O–H groups in total. The Morgan fingerprint density at radius 3 is 2.61 bits per heavy atom. The zero-order valence-corrected chi connectivity index (χ0v) is 18.0. The molecular formula is C23H20ClFN2O6. The number of halogens is 2. The normalized spacial score (nSPS) is 20.0. The molecule has 3 atom stereocenters. The summed E-state index contributed by atoms with van der Waals surface area (Å²) in [6.45, 7) is 0.107. The van der Waals surface area contributed by atoms with Gasteiger partial charge in [0.15, 0.2) is 0 Å². The summed E-state index contributed by atoms with van der Waals surface area (Å²) in [5, 5.41) is 0.487. The number of carbonyl (C=O) groups is 1. The van der Waals surface area contributed by atoms with E-state index in [4.69, 9.17) is 25.8 Å². The number of aromatic nitrogens is 2. The Balaban J connectivity index is 1.49. The second kappa shape index (κ2) is 10.1. The van der Waals surface area contributed by atoms with Crippen LogP contribution in [0.3, 0.4) is 0 Å². The van der Waals surface area contributed by atoms with Crippen LogP contribution in [-0.2, 0) is 20.8 Å². The number of H-pyrrole nitrogens is 1. The molecular weight excluding hydrogens is 455 g/mol. The molecule has 0 spiro atoms. The van der Waals surface area contributed by atoms with Gasteiger partial charge in [-0.1, -0.05) is 41.9 Å². The van der Waals surface area contributed by atoms with Gasteiger partial charge in [0.1, 0.15) is 18.9 Å². The van der Waals surface area contributed by atoms with E-state index in [0.717, 1.165) is 16.3 Å². The Morgan fingerprint density at radius 2 is 1.88 bits per heavy atom. The Labute approximate surface area is 192 Å². The van der Waals surface area contributed by atoms with Crippen molar-refractivity contribution in [2.45, 2.75) is 31.5 Å². The minimum Gasteiger partial charge on any atom is -0.459 e. The van der Waals surface area contributed by atoms with E-state index in [2.05, 4.69) is 0 Å². The topological polar surface area (TPSA) is 99.6 Å². The summed E-state index contributed by atoms with van der Waals surface area (Å²) in [5.74, 6) is -1.69. The number of carbonyl (C=O) groups excluding carboxylic acids is 1. The third kappa shape index (κ3) is 5.57. The lowest BCUT2D eigenvalue weighted by Gasteiger charge is -2.19. The number of hydrogen-bond acceptors (Lipinski definition) is 6. The fraction of sp³-hybridized carbons (Fsp3) is 0.261. The summed E-state index contributed by atoms with van der Waals surface area (Å²) in [7, 11) is 0. The van der Waals surface area contributed by atoms with Crippen LogP contribution < -0.4 is 11.2 Å². The molecule has 1 aliphatic rings. The van der Waals surface area contributed by atoms with E-state index in [9.17, 15) is 18.8 Å². The molecule has 1 aromatic heterocycles. The number of nitrogens with one attached hydrogen (secondary N) is 1. The summed E-state index contributed by atoms with van der Waals surface area (Å²) in [5.41, 5.74) is -0.689. The van der Waals surface area contributed by atoms with Crippen LogP contribution >= 0.6 is 11.6 Å². The van der Waals surface area contributed by atoms with Crippen molar-refractivity contribution < 1.29 is 23.4 Å². The van der Waals surface area contributed by atoms with Crippen molar-refractivity contribution in [2.75, 3.05) is 6.61 Å². The third-order valence-corrected chi connectivity index (χ3v) is 5.43. The first kappa shape index (κ1) is 22.9. The molecule has 4 rings (SSSR count). The van der Waals surface area contributed by atoms with Crippen molar-refractivity contribution in [1.82, 2.24) is 9.55 Å². The molecule has 2 heterocycles. The van der Waals surface area contributed by atoms with Gasteiger partial charge in [-0.25, -0.2) is 9.59 Å². The highest BCUT2D eigenvalue weighted by atomic mass is 35.5. The van der Waals surface area contributed by atoms with Crippen molar-refractivity contribution >= 4 is 17.6 Å². The molecule has 1 fully saturated rings. The molecule has 8 nitrogen and oxygen atoms in total. The van der Waals surface area contributed by atoms with Crippen molar-refractivity contribution in [3.63, 3.8) is 0 Å². The van der Waals surface area contributed by atoms with Gasteiger partial charge in [0, 0.05) is 11.4 Å². The zero-order chi connectivity index (χ0) is 23.4. The summed E-state index contributed by atoms with van der Waals surface area (Å²) in [6, 6.07) is 15.6. The van der Waals surface area contributed by atoms with Gasteiger partial charge in [0.25, 0.3) is 5.56 Å². The number of esters is 1. The number of ether oxygens (including phenoxy) is 3. The SMILES string of the molecule is O=C(OC[C@H]1O[C@@H](n2cc(F)c(=O)[nH]c2=O)C[C@@H]1OCc1ccccc1)c1ccc(Cl)cc1. The molecule has 10 heteroatoms. The van der Waals surface area contributed by atoms with Crippen LogP contribution in [0.1, 0.15) is 28.6 Å². The van der Waals surface area contributed by atoms with Gasteiger partial charge in [0.05, 0.1) is 24.5 Å². The molecule has 1 saturated heterocycles. The summed E-state index contributed by atoms with van der Waals surface area (Å²) < 4.78 is 32.0. The highest BCUT2D eigenvalue weighted by molar-refractivity contribution is 6.30. The quantitative estimate of drug-likeness (QED) is 0.528. The van der Waals surface area contributed by atoms with E-state index in [1.807, 2.05) is 35.3 Å². The van der Waals surface area contributed by atoms with E-state index >= 15 is 0 Å². The number of benzene rings is 2. The van der Waals surface area contributed by atoms with Crippen LogP contribution in [0.25, 0.3) is 0 Å². The van der Waals surface area contributed by atoms with Crippen molar-refractivity contribution in [3.05, 3.63) is 104 Å². The van der Waals surface area contributed by atoms with Crippen LogP contribution in [0.15, 0.2) is 70.4 Å². The van der Waals surface area contributed by atoms with Gasteiger partial charge in [0.2, 0.25) is 5.82 Å². The maximum absolute atomic E-state index is 13.8. The molecule has 0 amide bonds. The number of hydrogen-bond donors (Lipinski definition) is 1. The zero-order valence-electron chi connectivity index (χ0n) is 17.3. The molecule has 172 valence electrons. The first-order valence-corrected chi connectivity index (χ1v) is 10.5. The Kier molecular flexibility index (Phi) is 7.02. The van der Waals surface area contributed by atoms with Gasteiger partial charge >= 0.3 is 11.7 Å². The monoisotopic (exact) mass is 474 g/mol. The molecule has 0 unspecified atom stereocenters. The average molecular weight is 475 g/mol. The van der Waals surface area contributed by atoms with Crippen LogP contribution in [-0.4, -0.2) is 34.3 Å². The van der Waals surface area contributed by atoms with Gasteiger partial charge in [-0.15, -0.1) is 0 Å². The van der Waals surface area contributed by atoms with Gasteiger partial charge in [-0.2, -0.15) is 4.39 Å². The number of rotatable bonds is 7. The summed E-state index contributed by atoms with van der Waals surface area (Å²) in [6.07, 6.45) is -1.22. The molecule has 0 radical (unpaired) electrons. The lowest BCUT2D eigenvalue weighted by molar-refractivity contribution is -0.0709. The maximum Gasteiger partial charge on any atom is 0.338 e. The largest absolute Gasteiger partial charge is 0.459 e. The van der Waals surface area contributed by atoms with E-state index in [1.165, 1.54) is 12.1 Å². The highest BCUT2D eigenvalue weighted by Gasteiger charge is 2.38. The second-order valence-corrected chi connectivity index (χ2v) is 7.89. The standard InChI is InChI=1S/C23H20ClFN2O6/c24-16-8-6-15(7-9-16)22(29)32-13-19-18(31-12-14-4-2-1-3-5-14)10-20(33-19)27-11-17(25)21(28)26-23(27)30/h1-9,11,18-20H,10,12-13H2,(H,26,28,30)/t18-,19+,20+/m0/s1. The molecule has 2 aromatic carbocycles. The Bertz CT molecular complexity index is 1230. The first-order valence-electron chi connectivity index (χ1n) is 10.2. The number of aromatic amines is 1. The lowest BCUT2D eigenvalue weighted by atomic mass is 10.1. The van der Waals surface area contributed by atoms with Gasteiger partial charge in [-0.3, -0.25) is 14.3 Å². The van der Waals surface area contributed by atoms with Crippen LogP contribution in [0.2, 0.25) is 5.02 Å². The predicted octanol–water partition coefficient (Wildman–Crippen LogP) is 3.06. The molecule has 0 bridgehead atoms. The Morgan fingerprint density at radius 1 is 1.15 bits per heavy atom. The smallest absolute Gasteiger partial charge is 0.338 e. The fourth-order valence-electron chi connectivity index (χ4n) is 3.48. The summed E-state index contributed by atoms with van der Waals surface area (Å²) >= 11 is 5.84. The molecule has 3 aromatic rings. The van der Waals surface area contributed by atoms with Crippen LogP contribution in [0.5, 0.6) is 0 Å². The number of nitrogens with zero attached hydrogens (tertiary/aromatic N) is 1. The lowest BCUT2D eigenvalue weighted by Crippen LogP contribution is -2.34.